The molecule has 0 aliphatic heterocycles. The smallest absolute Gasteiger partial charge is 0.152 e. The van der Waals surface area contributed by atoms with Gasteiger partial charge in [-0.15, -0.1) is 0 Å². The monoisotopic (exact) mass is 270 g/mol. The van der Waals surface area contributed by atoms with Gasteiger partial charge in [0.05, 0.1) is 11.0 Å². The summed E-state index contributed by atoms with van der Waals surface area (Å²) in [7, 11) is 1.99. The third kappa shape index (κ3) is 1.91. The number of hydrogen-bond acceptors (Lipinski definition) is 4. The highest BCUT2D eigenvalue weighted by Gasteiger charge is 2.14. The van der Waals surface area contributed by atoms with Crippen molar-refractivity contribution in [3.8, 4) is 0 Å². The lowest BCUT2D eigenvalue weighted by atomic mass is 10.1. The Bertz CT molecular complexity index is 792. The van der Waals surface area contributed by atoms with Crippen LogP contribution in [0.25, 0.3) is 21.9 Å². The van der Waals surface area contributed by atoms with Crippen molar-refractivity contribution in [1.82, 2.24) is 14.5 Å². The Hall–Kier alpha value is -2.14. The first-order chi connectivity index (χ1) is 9.61. The molecule has 0 bridgehead atoms. The van der Waals surface area contributed by atoms with Crippen LogP contribution < -0.4 is 5.73 Å². The molecule has 104 valence electrons. The number of aryl methyl sites for hydroxylation is 3. The number of nitrogen functional groups attached to an aromatic ring is 1. The lowest BCUT2D eigenvalue weighted by molar-refractivity contribution is 0.287. The Kier molecular flexibility index (Phi) is 3.06. The molecule has 0 aliphatic rings. The molecule has 0 radical (unpaired) electrons. The van der Waals surface area contributed by atoms with E-state index in [9.17, 15) is 0 Å². The summed E-state index contributed by atoms with van der Waals surface area (Å²) < 4.78 is 2.06. The normalized spacial score (nSPS) is 11.6. The second kappa shape index (κ2) is 4.76. The fourth-order valence-electron chi connectivity index (χ4n) is 2.61. The van der Waals surface area contributed by atoms with Crippen LogP contribution in [0.15, 0.2) is 18.2 Å². The second-order valence-electron chi connectivity index (χ2n) is 5.13. The highest BCUT2D eigenvalue weighted by molar-refractivity contribution is 6.06. The summed E-state index contributed by atoms with van der Waals surface area (Å²) in [6.07, 6.45) is 1.43. The fourth-order valence-corrected chi connectivity index (χ4v) is 2.61. The summed E-state index contributed by atoms with van der Waals surface area (Å²) in [4.78, 5) is 9.04. The Morgan fingerprint density at radius 2 is 2.10 bits per heavy atom. The number of fused-ring (bicyclic) bond motifs is 3. The molecule has 0 spiro atoms. The number of rotatable bonds is 3. The molecule has 0 amide bonds. The van der Waals surface area contributed by atoms with Gasteiger partial charge in [0.25, 0.3) is 0 Å². The first-order valence-corrected chi connectivity index (χ1v) is 6.74. The predicted octanol–water partition coefficient (Wildman–Crippen LogP) is 1.94. The maximum atomic E-state index is 8.98. The van der Waals surface area contributed by atoms with Crippen LogP contribution in [0.2, 0.25) is 0 Å². The molecule has 2 heterocycles. The van der Waals surface area contributed by atoms with E-state index in [1.807, 2.05) is 20.0 Å². The maximum Gasteiger partial charge on any atom is 0.152 e. The van der Waals surface area contributed by atoms with Crippen molar-refractivity contribution >= 4 is 27.8 Å². The van der Waals surface area contributed by atoms with Gasteiger partial charge < -0.3 is 15.4 Å². The van der Waals surface area contributed by atoms with Gasteiger partial charge in [-0.25, -0.2) is 9.97 Å². The molecule has 3 rings (SSSR count). The van der Waals surface area contributed by atoms with Gasteiger partial charge >= 0.3 is 0 Å². The van der Waals surface area contributed by atoms with E-state index >= 15 is 0 Å². The largest absolute Gasteiger partial charge is 0.396 e. The lowest BCUT2D eigenvalue weighted by Crippen LogP contribution is -1.99. The van der Waals surface area contributed by atoms with Crippen molar-refractivity contribution in [2.45, 2.75) is 19.8 Å². The quantitative estimate of drug-likeness (QED) is 0.762. The molecular formula is C15H18N4O. The first-order valence-electron chi connectivity index (χ1n) is 6.74. The zero-order valence-electron chi connectivity index (χ0n) is 11.7. The Labute approximate surface area is 117 Å². The predicted molar refractivity (Wildman–Crippen MR) is 80.6 cm³/mol. The number of anilines is 1. The Morgan fingerprint density at radius 1 is 1.30 bits per heavy atom. The van der Waals surface area contributed by atoms with Crippen LogP contribution in [0.4, 0.5) is 5.82 Å². The van der Waals surface area contributed by atoms with Gasteiger partial charge in [0.15, 0.2) is 5.82 Å². The van der Waals surface area contributed by atoms with Crippen LogP contribution in [-0.4, -0.2) is 26.2 Å². The number of aliphatic hydroxyl groups is 1. The molecule has 0 saturated heterocycles. The summed E-state index contributed by atoms with van der Waals surface area (Å²) in [6, 6.07) is 6.17. The van der Waals surface area contributed by atoms with E-state index in [1.165, 1.54) is 0 Å². The van der Waals surface area contributed by atoms with E-state index in [0.717, 1.165) is 39.7 Å². The van der Waals surface area contributed by atoms with Crippen LogP contribution in [0.3, 0.4) is 0 Å². The molecule has 0 saturated carbocycles. The number of nitrogens with two attached hydrogens (primary N) is 1. The van der Waals surface area contributed by atoms with E-state index in [2.05, 4.69) is 26.7 Å². The van der Waals surface area contributed by atoms with Crippen molar-refractivity contribution in [1.29, 1.82) is 0 Å². The summed E-state index contributed by atoms with van der Waals surface area (Å²) >= 11 is 0. The SMILES string of the molecule is Cc1ccc2c(c1)nc(N)c1nc(CCCO)n(C)c12. The van der Waals surface area contributed by atoms with Crippen molar-refractivity contribution in [3.63, 3.8) is 0 Å². The molecule has 5 heteroatoms. The highest BCUT2D eigenvalue weighted by atomic mass is 16.2. The zero-order valence-corrected chi connectivity index (χ0v) is 11.7. The van der Waals surface area contributed by atoms with Gasteiger partial charge in [-0.05, 0) is 25.0 Å². The molecule has 1 aromatic carbocycles. The fraction of sp³-hybridized carbons (Fsp3) is 0.333. The Balaban J connectivity index is 2.33. The number of nitrogens with zero attached hydrogens (tertiary/aromatic N) is 3. The van der Waals surface area contributed by atoms with Gasteiger partial charge in [0.1, 0.15) is 11.3 Å². The topological polar surface area (TPSA) is 77.0 Å². The molecule has 2 aromatic heterocycles. The van der Waals surface area contributed by atoms with Gasteiger partial charge in [0.2, 0.25) is 0 Å². The second-order valence-corrected chi connectivity index (χ2v) is 5.13. The minimum Gasteiger partial charge on any atom is -0.396 e. The van der Waals surface area contributed by atoms with E-state index in [1.54, 1.807) is 0 Å². The minimum atomic E-state index is 0.164. The number of hydrogen-bond donors (Lipinski definition) is 2. The summed E-state index contributed by atoms with van der Waals surface area (Å²) in [6.45, 7) is 2.20. The summed E-state index contributed by atoms with van der Waals surface area (Å²) in [5, 5.41) is 10.0. The lowest BCUT2D eigenvalue weighted by Gasteiger charge is -2.05. The van der Waals surface area contributed by atoms with E-state index in [4.69, 9.17) is 10.8 Å². The van der Waals surface area contributed by atoms with Crippen molar-refractivity contribution in [2.75, 3.05) is 12.3 Å². The molecule has 3 N–H and O–H groups in total. The summed E-state index contributed by atoms with van der Waals surface area (Å²) in [5.74, 6) is 1.39. The molecule has 0 aliphatic carbocycles. The van der Waals surface area contributed by atoms with E-state index in [0.29, 0.717) is 12.2 Å². The van der Waals surface area contributed by atoms with Gasteiger partial charge in [-0.3, -0.25) is 0 Å². The van der Waals surface area contributed by atoms with Gasteiger partial charge in [-0.1, -0.05) is 12.1 Å². The van der Waals surface area contributed by atoms with Crippen molar-refractivity contribution in [2.24, 2.45) is 7.05 Å². The number of aromatic nitrogens is 3. The van der Waals surface area contributed by atoms with Crippen LogP contribution in [0.1, 0.15) is 17.8 Å². The van der Waals surface area contributed by atoms with Crippen molar-refractivity contribution < 1.29 is 5.11 Å². The van der Waals surface area contributed by atoms with Crippen LogP contribution >= 0.6 is 0 Å². The molecule has 0 unspecified atom stereocenters. The number of aliphatic hydroxyl groups excluding tert-OH is 1. The third-order valence-corrected chi connectivity index (χ3v) is 3.64. The number of pyridine rings is 1. The molecule has 20 heavy (non-hydrogen) atoms. The molecular weight excluding hydrogens is 252 g/mol. The standard InChI is InChI=1S/C15H18N4O/c1-9-5-6-10-11(8-9)17-15(16)13-14(10)19(2)12(18-13)4-3-7-20/h5-6,8,20H,3-4,7H2,1-2H3,(H2,16,17). The minimum absolute atomic E-state index is 0.164. The number of imidazole rings is 1. The maximum absolute atomic E-state index is 8.98. The molecule has 0 fully saturated rings. The van der Waals surface area contributed by atoms with Gasteiger partial charge in [-0.2, -0.15) is 0 Å². The average Bonchev–Trinajstić information content (AvgIpc) is 2.75. The van der Waals surface area contributed by atoms with Crippen LogP contribution in [-0.2, 0) is 13.5 Å². The van der Waals surface area contributed by atoms with Crippen LogP contribution in [0.5, 0.6) is 0 Å². The summed E-state index contributed by atoms with van der Waals surface area (Å²) in [5.41, 5.74) is 9.86. The number of benzene rings is 1. The molecule has 0 atom stereocenters. The molecule has 3 aromatic rings. The zero-order chi connectivity index (χ0) is 14.3. The van der Waals surface area contributed by atoms with Crippen molar-refractivity contribution in [3.05, 3.63) is 29.6 Å². The molecule has 5 nitrogen and oxygen atoms in total. The van der Waals surface area contributed by atoms with E-state index < -0.39 is 0 Å². The van der Waals surface area contributed by atoms with Crippen LogP contribution in [0, 0.1) is 6.92 Å². The average molecular weight is 270 g/mol. The highest BCUT2D eigenvalue weighted by Crippen LogP contribution is 2.28. The van der Waals surface area contributed by atoms with E-state index in [-0.39, 0.29) is 6.61 Å². The first kappa shape index (κ1) is 12.9. The third-order valence-electron chi connectivity index (χ3n) is 3.64. The van der Waals surface area contributed by atoms with Gasteiger partial charge in [0, 0.05) is 25.5 Å². The Morgan fingerprint density at radius 3 is 2.85 bits per heavy atom.